The van der Waals surface area contributed by atoms with Crippen molar-refractivity contribution in [1.29, 1.82) is 0 Å². The zero-order chi connectivity index (χ0) is 43.1. The molecule has 2 aromatic heterocycles. The summed E-state index contributed by atoms with van der Waals surface area (Å²) in [4.78, 5) is 0. The van der Waals surface area contributed by atoms with Gasteiger partial charge in [-0.2, -0.15) is 0 Å². The highest BCUT2D eigenvalue weighted by Gasteiger charge is 2.42. The molecule has 0 bridgehead atoms. The van der Waals surface area contributed by atoms with Gasteiger partial charge in [0, 0.05) is 32.9 Å². The van der Waals surface area contributed by atoms with E-state index in [0.717, 1.165) is 5.70 Å². The Morgan fingerprint density at radius 2 is 1.23 bits per heavy atom. The largest absolute Gasteiger partial charge is 0.309 e. The number of rotatable bonds is 8. The summed E-state index contributed by atoms with van der Waals surface area (Å²) in [6, 6.07) is 39.3. The van der Waals surface area contributed by atoms with Gasteiger partial charge in [-0.1, -0.05) is 137 Å². The van der Waals surface area contributed by atoms with E-state index in [1.54, 1.807) is 0 Å². The summed E-state index contributed by atoms with van der Waals surface area (Å²) in [5.74, 6) is 1.10. The van der Waals surface area contributed by atoms with Crippen LogP contribution in [0.5, 0.6) is 0 Å². The molecule has 0 N–H and O–H groups in total. The van der Waals surface area contributed by atoms with Crippen molar-refractivity contribution in [3.63, 3.8) is 0 Å². The van der Waals surface area contributed by atoms with E-state index in [1.807, 2.05) is 12.2 Å². The molecule has 0 fully saturated rings. The molecule has 0 aliphatic heterocycles. The highest BCUT2D eigenvalue weighted by atomic mass is 15.0. The number of aromatic nitrogens is 2. The van der Waals surface area contributed by atoms with Gasteiger partial charge in [0.25, 0.3) is 0 Å². The lowest BCUT2D eigenvalue weighted by Gasteiger charge is -2.42. The summed E-state index contributed by atoms with van der Waals surface area (Å²) in [5, 5.41) is 5.25. The number of benzene rings is 6. The van der Waals surface area contributed by atoms with Crippen molar-refractivity contribution in [2.24, 2.45) is 0 Å². The van der Waals surface area contributed by atoms with Gasteiger partial charge in [0.15, 0.2) is 0 Å². The summed E-state index contributed by atoms with van der Waals surface area (Å²) in [6.45, 7) is 26.8. The summed E-state index contributed by atoms with van der Waals surface area (Å²) in [6.07, 6.45) is 14.8. The Morgan fingerprint density at radius 1 is 0.597 bits per heavy atom. The van der Waals surface area contributed by atoms with Crippen LogP contribution in [0.1, 0.15) is 106 Å². The number of hydrogen-bond acceptors (Lipinski definition) is 0. The normalized spacial score (nSPS) is 18.6. The molecule has 0 saturated heterocycles. The maximum atomic E-state index is 4.19. The van der Waals surface area contributed by atoms with Gasteiger partial charge in [0.2, 0.25) is 0 Å². The summed E-state index contributed by atoms with van der Waals surface area (Å²) in [5.41, 5.74) is 23.6. The molecule has 2 nitrogen and oxygen atoms in total. The van der Waals surface area contributed by atoms with Crippen molar-refractivity contribution in [1.82, 2.24) is 9.13 Å². The van der Waals surface area contributed by atoms with E-state index in [4.69, 9.17) is 0 Å². The number of para-hydroxylation sites is 1. The molecular formula is C60H56N2. The number of allylic oxidation sites excluding steroid dienone is 10. The van der Waals surface area contributed by atoms with Crippen molar-refractivity contribution >= 4 is 54.9 Å². The third-order valence-electron chi connectivity index (χ3n) is 14.2. The Labute approximate surface area is 367 Å². The number of fused-ring (bicyclic) bond motifs is 8. The standard InChI is InChI=1S/C60H56N2/c1-11-18-41(29-35(4)5)43-25-27-53-49(31-43)51-33-47-37(7)38(8)48-34-52-50-32-44(42-22-17-21-36(6)30-42)26-28-54(50)62(46-23-15-14-16-24-46)60(52)56-40(10)39(9)55(57(47)58(48)56)59(51)61(53)45(19-12-2)20-13-3/h11-34,37-40H,1-2H2,3-10H3/b20-13-,41-18+,45-19+. The Bertz CT molecular complexity index is 3310. The van der Waals surface area contributed by atoms with Crippen molar-refractivity contribution in [3.8, 4) is 27.9 Å². The zero-order valence-corrected chi connectivity index (χ0v) is 37.5. The van der Waals surface area contributed by atoms with Gasteiger partial charge in [-0.25, -0.2) is 0 Å². The summed E-state index contributed by atoms with van der Waals surface area (Å²) >= 11 is 0. The fourth-order valence-corrected chi connectivity index (χ4v) is 11.1. The summed E-state index contributed by atoms with van der Waals surface area (Å²) in [7, 11) is 0. The highest BCUT2D eigenvalue weighted by molar-refractivity contribution is 6.18. The van der Waals surface area contributed by atoms with E-state index < -0.39 is 0 Å². The highest BCUT2D eigenvalue weighted by Crippen LogP contribution is 2.61. The molecule has 4 unspecified atom stereocenters. The van der Waals surface area contributed by atoms with Crippen LogP contribution in [0, 0.1) is 6.92 Å². The molecule has 0 spiro atoms. The van der Waals surface area contributed by atoms with Crippen LogP contribution in [0.2, 0.25) is 0 Å². The Kier molecular flexibility index (Phi) is 9.60. The molecule has 0 amide bonds. The van der Waals surface area contributed by atoms with Gasteiger partial charge in [-0.15, -0.1) is 0 Å². The van der Waals surface area contributed by atoms with Crippen molar-refractivity contribution in [3.05, 3.63) is 198 Å². The first kappa shape index (κ1) is 39.5. The smallest absolute Gasteiger partial charge is 0.0582 e. The lowest BCUT2D eigenvalue weighted by molar-refractivity contribution is 0.584. The molecule has 0 radical (unpaired) electrons. The van der Waals surface area contributed by atoms with E-state index in [2.05, 4.69) is 211 Å². The van der Waals surface area contributed by atoms with Crippen LogP contribution in [-0.2, 0) is 0 Å². The Morgan fingerprint density at radius 3 is 1.87 bits per heavy atom. The Balaban J connectivity index is 1.37. The van der Waals surface area contributed by atoms with Gasteiger partial charge < -0.3 is 9.13 Å². The van der Waals surface area contributed by atoms with Crippen LogP contribution >= 0.6 is 0 Å². The third-order valence-corrected chi connectivity index (χ3v) is 14.2. The molecule has 4 atom stereocenters. The van der Waals surface area contributed by atoms with E-state index in [-0.39, 0.29) is 11.8 Å². The zero-order valence-electron chi connectivity index (χ0n) is 37.5. The Hall–Kier alpha value is -6.64. The van der Waals surface area contributed by atoms with Gasteiger partial charge in [-0.05, 0) is 168 Å². The maximum Gasteiger partial charge on any atom is 0.0582 e. The average molecular weight is 805 g/mol. The quantitative estimate of drug-likeness (QED) is 0.135. The van der Waals surface area contributed by atoms with Crippen molar-refractivity contribution in [2.75, 3.05) is 0 Å². The van der Waals surface area contributed by atoms with E-state index in [1.165, 1.54) is 116 Å². The van der Waals surface area contributed by atoms with Crippen molar-refractivity contribution < 1.29 is 0 Å². The van der Waals surface area contributed by atoms with Crippen LogP contribution in [0.4, 0.5) is 0 Å². The molecule has 2 aliphatic rings. The van der Waals surface area contributed by atoms with E-state index >= 15 is 0 Å². The number of aryl methyl sites for hydroxylation is 1. The van der Waals surface area contributed by atoms with Crippen molar-refractivity contribution in [2.45, 2.75) is 79.1 Å². The number of hydrogen-bond donors (Lipinski definition) is 0. The van der Waals surface area contributed by atoms with Crippen LogP contribution in [0.15, 0.2) is 164 Å². The first-order valence-corrected chi connectivity index (χ1v) is 22.4. The lowest BCUT2D eigenvalue weighted by Crippen LogP contribution is -2.24. The molecule has 10 rings (SSSR count). The van der Waals surface area contributed by atoms with E-state index in [9.17, 15) is 0 Å². The molecule has 8 aromatic rings. The second-order valence-electron chi connectivity index (χ2n) is 18.2. The molecule has 2 heterocycles. The molecular weight excluding hydrogens is 749 g/mol. The average Bonchev–Trinajstić information content (AvgIpc) is 3.77. The fraction of sp³-hybridized carbons (Fsp3) is 0.200. The maximum absolute atomic E-state index is 4.19. The third kappa shape index (κ3) is 5.83. The lowest BCUT2D eigenvalue weighted by atomic mass is 9.62. The first-order valence-electron chi connectivity index (χ1n) is 22.4. The monoisotopic (exact) mass is 804 g/mol. The van der Waals surface area contributed by atoms with E-state index in [0.29, 0.717) is 11.8 Å². The van der Waals surface area contributed by atoms with Gasteiger partial charge in [0.05, 0.1) is 22.1 Å². The molecule has 62 heavy (non-hydrogen) atoms. The topological polar surface area (TPSA) is 9.86 Å². The second kappa shape index (κ2) is 15.1. The van der Waals surface area contributed by atoms with Gasteiger partial charge >= 0.3 is 0 Å². The fourth-order valence-electron chi connectivity index (χ4n) is 11.1. The SMILES string of the molecule is C=C/C=C(\C=C(C)C)c1ccc2c(c1)c1cc3c4c(c1n2C(/C=C\C)=C/C=C)C(C)C(C)c1c-4c(cc2c4cc(-c5cccc(C)c5)ccc4n(-c4ccccc4)c12)C(C)C3C. The van der Waals surface area contributed by atoms with Crippen LogP contribution in [-0.4, -0.2) is 9.13 Å². The minimum atomic E-state index is 0.226. The number of nitrogens with zero attached hydrogens (tertiary/aromatic N) is 2. The molecule has 2 heteroatoms. The minimum absolute atomic E-state index is 0.226. The minimum Gasteiger partial charge on any atom is -0.309 e. The van der Waals surface area contributed by atoms with Crippen LogP contribution in [0.3, 0.4) is 0 Å². The van der Waals surface area contributed by atoms with Crippen LogP contribution in [0.25, 0.3) is 82.8 Å². The molecule has 2 aliphatic carbocycles. The predicted octanol–water partition coefficient (Wildman–Crippen LogP) is 17.1. The molecule has 0 saturated carbocycles. The summed E-state index contributed by atoms with van der Waals surface area (Å²) < 4.78 is 5.11. The first-order chi connectivity index (χ1) is 30.1. The predicted molar refractivity (Wildman–Crippen MR) is 270 cm³/mol. The molecule has 306 valence electrons. The van der Waals surface area contributed by atoms with Crippen LogP contribution < -0.4 is 0 Å². The van der Waals surface area contributed by atoms with Gasteiger partial charge in [-0.3, -0.25) is 0 Å². The second-order valence-corrected chi connectivity index (χ2v) is 18.2. The molecule has 6 aromatic carbocycles. The van der Waals surface area contributed by atoms with Gasteiger partial charge in [0.1, 0.15) is 0 Å².